The lowest BCUT2D eigenvalue weighted by Gasteiger charge is -2.30. The number of carboxylic acid groups (broad SMARTS) is 1. The van der Waals surface area contributed by atoms with Gasteiger partial charge in [0.2, 0.25) is 12.3 Å². The zero-order chi connectivity index (χ0) is 25.0. The highest BCUT2D eigenvalue weighted by Gasteiger charge is 2.39. The van der Waals surface area contributed by atoms with Gasteiger partial charge in [-0.1, -0.05) is 51.1 Å². The van der Waals surface area contributed by atoms with Crippen LogP contribution in [-0.2, 0) is 35.9 Å². The molecular weight excluding hydrogens is 448 g/mol. The van der Waals surface area contributed by atoms with E-state index in [0.717, 1.165) is 5.56 Å². The molecule has 2 amide bonds. The molecule has 0 aromatic heterocycles. The number of nitrogens with two attached hydrogens (primary N) is 1. The maximum Gasteiger partial charge on any atom is 0.374 e. The number of ketones is 1. The summed E-state index contributed by atoms with van der Waals surface area (Å²) in [5, 5.41) is 11.2. The monoisotopic (exact) mass is 482 g/mol. The van der Waals surface area contributed by atoms with Gasteiger partial charge in [-0.05, 0) is 18.4 Å². The highest BCUT2D eigenvalue weighted by Crippen LogP contribution is 2.24. The van der Waals surface area contributed by atoms with Crippen molar-refractivity contribution in [3.8, 4) is 0 Å². The normalized spacial score (nSPS) is 19.2. The molecule has 10 nitrogen and oxygen atoms in total. The molecule has 0 saturated carbocycles. The number of nitrogens with zero attached hydrogens (tertiary/aromatic N) is 2. The third-order valence-electron chi connectivity index (χ3n) is 5.25. The molecule has 0 spiro atoms. The number of likely N-dealkylation sites (tertiary alicyclic amines) is 1. The number of carbonyl (C=O) groups excluding carboxylic acids is 3. The minimum absolute atomic E-state index is 0.326. The van der Waals surface area contributed by atoms with Gasteiger partial charge < -0.3 is 21.1 Å². The molecule has 4 unspecified atom stereocenters. The molecule has 11 heteroatoms. The Bertz CT molecular complexity index is 822. The van der Waals surface area contributed by atoms with Gasteiger partial charge in [-0.15, -0.1) is 0 Å². The Morgan fingerprint density at radius 2 is 1.91 bits per heavy atom. The third-order valence-corrected chi connectivity index (χ3v) is 6.81. The van der Waals surface area contributed by atoms with E-state index in [4.69, 9.17) is 10.8 Å². The lowest BCUT2D eigenvalue weighted by Crippen LogP contribution is -2.54. The standard InChI is InChI=1S/C20H28N4O6S.C2H6/c1-2-23(31(30)12-14-6-4-3-5-7-14)11-15-8-9-17(24(15)13-25)19(27)22-16(10-21)18(26)20(28)29;1-2/h3-7,13,15-17H,2,8-12,21H2,1H3,(H,22,27)(H,28,29);1-2H3. The van der Waals surface area contributed by atoms with E-state index in [0.29, 0.717) is 38.1 Å². The second-order valence-electron chi connectivity index (χ2n) is 7.20. The van der Waals surface area contributed by atoms with E-state index in [-0.39, 0.29) is 12.6 Å². The number of hydrogen-bond donors (Lipinski definition) is 3. The zero-order valence-electron chi connectivity index (χ0n) is 19.3. The largest absolute Gasteiger partial charge is 0.475 e. The zero-order valence-corrected chi connectivity index (χ0v) is 20.1. The van der Waals surface area contributed by atoms with Crippen LogP contribution in [0, 0.1) is 0 Å². The highest BCUT2D eigenvalue weighted by molar-refractivity contribution is 7.81. The molecular formula is C22H34N4O6S. The van der Waals surface area contributed by atoms with Crippen LogP contribution in [0.5, 0.6) is 0 Å². The van der Waals surface area contributed by atoms with Gasteiger partial charge in [0.1, 0.15) is 12.1 Å². The van der Waals surface area contributed by atoms with Crippen LogP contribution in [0.2, 0.25) is 0 Å². The van der Waals surface area contributed by atoms with Crippen molar-refractivity contribution < 1.29 is 28.5 Å². The lowest BCUT2D eigenvalue weighted by molar-refractivity contribution is -0.150. The number of likely N-dealkylation sites (N-methyl/N-ethyl adjacent to an activating group) is 1. The SMILES string of the molecule is CC.CCN(CC1CCC(C(=O)NC(CN)C(=O)C(=O)O)N1C=O)S(=O)Cc1ccccc1. The number of nitrogens with one attached hydrogen (secondary N) is 1. The van der Waals surface area contributed by atoms with Gasteiger partial charge in [0.25, 0.3) is 5.78 Å². The van der Waals surface area contributed by atoms with Gasteiger partial charge in [0.05, 0.1) is 16.7 Å². The summed E-state index contributed by atoms with van der Waals surface area (Å²) < 4.78 is 14.6. The second-order valence-corrected chi connectivity index (χ2v) is 8.65. The minimum atomic E-state index is -1.69. The molecule has 1 aliphatic heterocycles. The van der Waals surface area contributed by atoms with Crippen LogP contribution in [0.3, 0.4) is 0 Å². The molecule has 4 N–H and O–H groups in total. The predicted molar refractivity (Wildman–Crippen MR) is 125 cm³/mol. The van der Waals surface area contributed by atoms with Gasteiger partial charge in [-0.25, -0.2) is 13.3 Å². The van der Waals surface area contributed by atoms with Crippen molar-refractivity contribution in [2.24, 2.45) is 5.73 Å². The average molecular weight is 483 g/mol. The first-order valence-corrected chi connectivity index (χ1v) is 12.3. The minimum Gasteiger partial charge on any atom is -0.475 e. The van der Waals surface area contributed by atoms with Gasteiger partial charge in [0, 0.05) is 25.7 Å². The molecule has 1 aromatic carbocycles. The van der Waals surface area contributed by atoms with Crippen molar-refractivity contribution in [3.05, 3.63) is 35.9 Å². The number of Topliss-reactive ketones (excluding diaryl/α,β-unsaturated/α-hetero) is 1. The molecule has 184 valence electrons. The van der Waals surface area contributed by atoms with E-state index >= 15 is 0 Å². The molecule has 1 heterocycles. The van der Waals surface area contributed by atoms with Crippen molar-refractivity contribution in [1.82, 2.24) is 14.5 Å². The average Bonchev–Trinajstić information content (AvgIpc) is 3.24. The van der Waals surface area contributed by atoms with Crippen molar-refractivity contribution in [3.63, 3.8) is 0 Å². The number of carbonyl (C=O) groups is 4. The van der Waals surface area contributed by atoms with Crippen molar-refractivity contribution in [2.45, 2.75) is 57.5 Å². The topological polar surface area (TPSA) is 150 Å². The maximum absolute atomic E-state index is 12.8. The molecule has 1 aromatic rings. The molecule has 1 aliphatic rings. The van der Waals surface area contributed by atoms with Crippen molar-refractivity contribution in [1.29, 1.82) is 0 Å². The van der Waals surface area contributed by atoms with Gasteiger partial charge in [-0.3, -0.25) is 14.4 Å². The van der Waals surface area contributed by atoms with Crippen molar-refractivity contribution in [2.75, 3.05) is 19.6 Å². The first-order chi connectivity index (χ1) is 15.8. The molecule has 0 aliphatic carbocycles. The summed E-state index contributed by atoms with van der Waals surface area (Å²) in [5.41, 5.74) is 6.35. The Balaban J connectivity index is 0.00000265. The summed E-state index contributed by atoms with van der Waals surface area (Å²) in [5.74, 6) is -3.18. The fourth-order valence-electron chi connectivity index (χ4n) is 3.56. The van der Waals surface area contributed by atoms with Crippen LogP contribution in [0.25, 0.3) is 0 Å². The van der Waals surface area contributed by atoms with E-state index < -0.39 is 40.7 Å². The number of amides is 2. The summed E-state index contributed by atoms with van der Waals surface area (Å²) in [4.78, 5) is 48.2. The number of benzene rings is 1. The number of carboxylic acids is 1. The van der Waals surface area contributed by atoms with E-state index in [1.54, 1.807) is 4.31 Å². The Morgan fingerprint density at radius 1 is 1.27 bits per heavy atom. The smallest absolute Gasteiger partial charge is 0.374 e. The fraction of sp³-hybridized carbons (Fsp3) is 0.545. The third kappa shape index (κ3) is 8.02. The highest BCUT2D eigenvalue weighted by atomic mass is 32.2. The quantitative estimate of drug-likeness (QED) is 0.286. The van der Waals surface area contributed by atoms with E-state index in [1.165, 1.54) is 4.90 Å². The molecule has 4 atom stereocenters. The van der Waals surface area contributed by atoms with Crippen LogP contribution in [0.4, 0.5) is 0 Å². The number of rotatable bonds is 12. The van der Waals surface area contributed by atoms with Gasteiger partial charge in [0.15, 0.2) is 0 Å². The molecule has 1 saturated heterocycles. The van der Waals surface area contributed by atoms with Crippen LogP contribution < -0.4 is 11.1 Å². The molecule has 0 bridgehead atoms. The Hall–Kier alpha value is -2.63. The van der Waals surface area contributed by atoms with Gasteiger partial charge >= 0.3 is 5.97 Å². The summed E-state index contributed by atoms with van der Waals surface area (Å²) in [6.45, 7) is 6.33. The number of hydrogen-bond acceptors (Lipinski definition) is 6. The summed E-state index contributed by atoms with van der Waals surface area (Å²) in [7, 11) is -1.30. The summed E-state index contributed by atoms with van der Waals surface area (Å²) in [6.07, 6.45) is 1.42. The summed E-state index contributed by atoms with van der Waals surface area (Å²) >= 11 is 0. The Morgan fingerprint density at radius 3 is 2.42 bits per heavy atom. The van der Waals surface area contributed by atoms with Crippen LogP contribution in [0.1, 0.15) is 39.2 Å². The molecule has 1 fully saturated rings. The summed E-state index contributed by atoms with van der Waals surface area (Å²) in [6, 6.07) is 6.88. The van der Waals surface area contributed by atoms with Crippen LogP contribution in [-0.4, -0.2) is 80.4 Å². The Labute approximate surface area is 197 Å². The van der Waals surface area contributed by atoms with E-state index in [2.05, 4.69) is 5.32 Å². The molecule has 33 heavy (non-hydrogen) atoms. The first-order valence-electron chi connectivity index (χ1n) is 11.0. The van der Waals surface area contributed by atoms with E-state index in [1.807, 2.05) is 51.1 Å². The number of aliphatic carboxylic acids is 1. The predicted octanol–water partition coefficient (Wildman–Crippen LogP) is 0.285. The van der Waals surface area contributed by atoms with Gasteiger partial charge in [-0.2, -0.15) is 0 Å². The van der Waals surface area contributed by atoms with Crippen molar-refractivity contribution >= 4 is 35.1 Å². The first kappa shape index (κ1) is 28.4. The maximum atomic E-state index is 12.8. The Kier molecular flexibility index (Phi) is 12.5. The van der Waals surface area contributed by atoms with Crippen LogP contribution >= 0.6 is 0 Å². The van der Waals surface area contributed by atoms with Crippen LogP contribution in [0.15, 0.2) is 30.3 Å². The second kappa shape index (κ2) is 14.5. The van der Waals surface area contributed by atoms with E-state index in [9.17, 15) is 23.4 Å². The molecule has 0 radical (unpaired) electrons. The molecule has 2 rings (SSSR count). The fourth-order valence-corrected chi connectivity index (χ4v) is 4.85. The lowest BCUT2D eigenvalue weighted by atomic mass is 10.1.